The molecule has 0 aliphatic heterocycles. The first kappa shape index (κ1) is 23.7. The molecule has 0 aliphatic rings. The monoisotopic (exact) mass is 318 g/mol. The molecule has 0 aliphatic carbocycles. The number of unbranched alkanes of at least 4 members (excludes halogenated alkanes) is 3. The summed E-state index contributed by atoms with van der Waals surface area (Å²) >= 11 is 0. The van der Waals surface area contributed by atoms with Crippen LogP contribution in [0.4, 0.5) is 0 Å². The number of carboxylic acid groups (broad SMARTS) is 1. The predicted molar refractivity (Wildman–Crippen MR) is 92.3 cm³/mol. The molecule has 0 bridgehead atoms. The molecule has 0 rings (SSSR count). The van der Waals surface area contributed by atoms with Crippen molar-refractivity contribution >= 4 is 14.4 Å². The van der Waals surface area contributed by atoms with Gasteiger partial charge in [-0.15, -0.1) is 0 Å². The first-order valence-corrected chi connectivity index (χ1v) is 8.18. The van der Waals surface area contributed by atoms with Gasteiger partial charge in [0, 0.05) is 6.61 Å². The zero-order valence-corrected chi connectivity index (χ0v) is 14.0. The number of ether oxygens (including phenoxy) is 3. The highest BCUT2D eigenvalue weighted by Crippen LogP contribution is 2.23. The molecule has 1 N–H and O–H groups in total. The Kier molecular flexibility index (Phi) is 15.1. The van der Waals surface area contributed by atoms with Crippen molar-refractivity contribution in [1.29, 1.82) is 0 Å². The van der Waals surface area contributed by atoms with Gasteiger partial charge < -0.3 is 19.3 Å². The average molecular weight is 318 g/mol. The second kappa shape index (κ2) is 14.0. The zero-order chi connectivity index (χ0) is 16.1. The van der Waals surface area contributed by atoms with Crippen molar-refractivity contribution in [3.63, 3.8) is 0 Å². The largest absolute Gasteiger partial charge is 0.477 e. The first-order chi connectivity index (χ1) is 10.0. The van der Waals surface area contributed by atoms with E-state index in [0.717, 1.165) is 38.5 Å². The number of carbonyl (C=O) groups is 1. The highest BCUT2D eigenvalue weighted by Gasteiger charge is 2.47. The summed E-state index contributed by atoms with van der Waals surface area (Å²) in [5.74, 6) is -2.81. The summed E-state index contributed by atoms with van der Waals surface area (Å²) in [7, 11) is 0. The van der Waals surface area contributed by atoms with Crippen LogP contribution in [-0.4, -0.2) is 51.2 Å². The Bertz CT molecular complexity index is 263. The SMILES string of the molecule is B.CCCCOC(C)C(OCCCC)(OCCCC)C(=O)O. The van der Waals surface area contributed by atoms with Crippen molar-refractivity contribution < 1.29 is 24.1 Å². The predicted octanol–water partition coefficient (Wildman–Crippen LogP) is 2.42. The maximum Gasteiger partial charge on any atom is 0.367 e. The van der Waals surface area contributed by atoms with E-state index in [1.54, 1.807) is 6.92 Å². The van der Waals surface area contributed by atoms with Crippen molar-refractivity contribution in [2.75, 3.05) is 19.8 Å². The normalized spacial score (nSPS) is 12.7. The van der Waals surface area contributed by atoms with E-state index in [4.69, 9.17) is 14.2 Å². The molecule has 0 heterocycles. The Labute approximate surface area is 137 Å². The van der Waals surface area contributed by atoms with Gasteiger partial charge in [-0.3, -0.25) is 0 Å². The summed E-state index contributed by atoms with van der Waals surface area (Å²) in [4.78, 5) is 11.8. The van der Waals surface area contributed by atoms with Gasteiger partial charge in [0.15, 0.2) is 0 Å². The van der Waals surface area contributed by atoms with E-state index < -0.39 is 17.9 Å². The van der Waals surface area contributed by atoms with E-state index >= 15 is 0 Å². The standard InChI is InChI=1S/C16H32O5.BH3/c1-5-8-11-19-14(4)16(15(17)18,20-12-9-6-2)21-13-10-7-3;/h14H,5-13H2,1-4H3,(H,17,18);1H3. The van der Waals surface area contributed by atoms with Gasteiger partial charge in [0.25, 0.3) is 5.79 Å². The maximum atomic E-state index is 11.8. The Balaban J connectivity index is 0. The molecule has 0 aromatic carbocycles. The summed E-state index contributed by atoms with van der Waals surface area (Å²) < 4.78 is 16.9. The molecule has 0 saturated carbocycles. The van der Waals surface area contributed by atoms with Crippen LogP contribution in [-0.2, 0) is 19.0 Å². The second-order valence-corrected chi connectivity index (χ2v) is 5.24. The number of hydrogen-bond acceptors (Lipinski definition) is 4. The van der Waals surface area contributed by atoms with Crippen molar-refractivity contribution in [3.05, 3.63) is 0 Å². The van der Waals surface area contributed by atoms with Crippen molar-refractivity contribution in [2.45, 2.75) is 78.1 Å². The first-order valence-electron chi connectivity index (χ1n) is 8.18. The van der Waals surface area contributed by atoms with E-state index in [1.807, 2.05) is 13.8 Å². The van der Waals surface area contributed by atoms with Gasteiger partial charge in [0.1, 0.15) is 6.10 Å². The lowest BCUT2D eigenvalue weighted by Gasteiger charge is -2.34. The topological polar surface area (TPSA) is 65.0 Å². The van der Waals surface area contributed by atoms with Gasteiger partial charge in [-0.1, -0.05) is 40.0 Å². The van der Waals surface area contributed by atoms with Gasteiger partial charge in [-0.05, 0) is 26.2 Å². The van der Waals surface area contributed by atoms with Crippen LogP contribution in [0.3, 0.4) is 0 Å². The molecule has 0 radical (unpaired) electrons. The van der Waals surface area contributed by atoms with Crippen molar-refractivity contribution in [2.24, 2.45) is 0 Å². The lowest BCUT2D eigenvalue weighted by molar-refractivity contribution is -0.283. The molecule has 5 nitrogen and oxygen atoms in total. The maximum absolute atomic E-state index is 11.8. The fourth-order valence-corrected chi connectivity index (χ4v) is 1.82. The quantitative estimate of drug-likeness (QED) is 0.303. The fraction of sp³-hybridized carbons (Fsp3) is 0.938. The van der Waals surface area contributed by atoms with Crippen LogP contribution in [0.15, 0.2) is 0 Å². The van der Waals surface area contributed by atoms with Gasteiger partial charge in [-0.2, -0.15) is 0 Å². The lowest BCUT2D eigenvalue weighted by Crippen LogP contribution is -2.54. The molecular formula is C16H35BO5. The van der Waals surface area contributed by atoms with Gasteiger partial charge in [0.05, 0.1) is 21.6 Å². The van der Waals surface area contributed by atoms with E-state index in [1.165, 1.54) is 0 Å². The Morgan fingerprint density at radius 2 is 1.36 bits per heavy atom. The highest BCUT2D eigenvalue weighted by atomic mass is 16.7. The average Bonchev–Trinajstić information content (AvgIpc) is 2.45. The Morgan fingerprint density at radius 1 is 0.955 bits per heavy atom. The fourth-order valence-electron chi connectivity index (χ4n) is 1.82. The number of rotatable bonds is 14. The molecule has 0 fully saturated rings. The number of carboxylic acids is 1. The van der Waals surface area contributed by atoms with Crippen LogP contribution in [0.1, 0.15) is 66.2 Å². The molecule has 0 saturated heterocycles. The van der Waals surface area contributed by atoms with Crippen LogP contribution < -0.4 is 0 Å². The van der Waals surface area contributed by atoms with E-state index in [0.29, 0.717) is 19.8 Å². The third-order valence-corrected chi connectivity index (χ3v) is 3.33. The third-order valence-electron chi connectivity index (χ3n) is 3.33. The molecule has 0 amide bonds. The molecule has 0 aromatic heterocycles. The molecular weight excluding hydrogens is 283 g/mol. The molecule has 1 unspecified atom stereocenters. The number of aliphatic carboxylic acids is 1. The van der Waals surface area contributed by atoms with Crippen LogP contribution in [0.2, 0.25) is 0 Å². The van der Waals surface area contributed by atoms with E-state index in [-0.39, 0.29) is 8.41 Å². The van der Waals surface area contributed by atoms with Gasteiger partial charge >= 0.3 is 5.97 Å². The minimum absolute atomic E-state index is 0. The minimum Gasteiger partial charge on any atom is -0.477 e. The molecule has 0 spiro atoms. The van der Waals surface area contributed by atoms with E-state index in [9.17, 15) is 9.90 Å². The molecule has 6 heteroatoms. The summed E-state index contributed by atoms with van der Waals surface area (Å²) in [6.45, 7) is 9.07. The van der Waals surface area contributed by atoms with E-state index in [2.05, 4.69) is 6.92 Å². The summed E-state index contributed by atoms with van der Waals surface area (Å²) in [5.41, 5.74) is 0. The Hall–Kier alpha value is -0.585. The Morgan fingerprint density at radius 3 is 1.73 bits per heavy atom. The summed E-state index contributed by atoms with van der Waals surface area (Å²) in [6, 6.07) is 0. The molecule has 1 atom stereocenters. The van der Waals surface area contributed by atoms with Crippen LogP contribution >= 0.6 is 0 Å². The van der Waals surface area contributed by atoms with Crippen LogP contribution in [0.25, 0.3) is 0 Å². The molecule has 22 heavy (non-hydrogen) atoms. The molecule has 0 aromatic rings. The van der Waals surface area contributed by atoms with Gasteiger partial charge in [-0.25, -0.2) is 4.79 Å². The van der Waals surface area contributed by atoms with Crippen molar-refractivity contribution in [3.8, 4) is 0 Å². The molecule has 132 valence electrons. The summed E-state index contributed by atoms with van der Waals surface area (Å²) in [5, 5.41) is 9.62. The zero-order valence-electron chi connectivity index (χ0n) is 14.0. The van der Waals surface area contributed by atoms with Crippen molar-refractivity contribution in [1.82, 2.24) is 0 Å². The highest BCUT2D eigenvalue weighted by molar-refractivity contribution is 5.76. The summed E-state index contributed by atoms with van der Waals surface area (Å²) in [6.07, 6.45) is 4.73. The third kappa shape index (κ3) is 8.15. The van der Waals surface area contributed by atoms with Crippen LogP contribution in [0, 0.1) is 0 Å². The lowest BCUT2D eigenvalue weighted by atomic mass is 10.1. The minimum atomic E-state index is -1.70. The van der Waals surface area contributed by atoms with Gasteiger partial charge in [0.2, 0.25) is 0 Å². The second-order valence-electron chi connectivity index (χ2n) is 5.24. The number of hydrogen-bond donors (Lipinski definition) is 1. The smallest absolute Gasteiger partial charge is 0.367 e. The van der Waals surface area contributed by atoms with Crippen LogP contribution in [0.5, 0.6) is 0 Å².